The van der Waals surface area contributed by atoms with Crippen molar-refractivity contribution < 1.29 is 14.7 Å². The van der Waals surface area contributed by atoms with E-state index in [0.29, 0.717) is 22.3 Å². The Labute approximate surface area is 203 Å². The number of anilines is 1. The molecule has 2 heterocycles. The Bertz CT molecular complexity index is 1120. The highest BCUT2D eigenvalue weighted by Crippen LogP contribution is 2.38. The first kappa shape index (κ1) is 23.8. The number of carbonyl (C=O) groups is 2. The molecule has 0 saturated heterocycles. The predicted octanol–water partition coefficient (Wildman–Crippen LogP) is 4.78. The molecule has 1 aliphatic carbocycles. The number of aromatic nitrogens is 3. The summed E-state index contributed by atoms with van der Waals surface area (Å²) in [4.78, 5) is 27.5. The summed E-state index contributed by atoms with van der Waals surface area (Å²) in [6.07, 6.45) is 8.15. The molecule has 3 N–H and O–H groups in total. The van der Waals surface area contributed by atoms with Crippen LogP contribution in [-0.2, 0) is 4.79 Å². The van der Waals surface area contributed by atoms with Gasteiger partial charge in [0.15, 0.2) is 5.82 Å². The van der Waals surface area contributed by atoms with Crippen LogP contribution in [0.2, 0.25) is 5.02 Å². The van der Waals surface area contributed by atoms with Gasteiger partial charge in [-0.1, -0.05) is 36.6 Å². The summed E-state index contributed by atoms with van der Waals surface area (Å²) in [7, 11) is 0. The number of pyridine rings is 1. The molecule has 34 heavy (non-hydrogen) atoms. The van der Waals surface area contributed by atoms with Crippen LogP contribution in [0.3, 0.4) is 0 Å². The number of aryl methyl sites for hydroxylation is 1. The Kier molecular flexibility index (Phi) is 7.47. The first-order valence-electron chi connectivity index (χ1n) is 11.5. The molecule has 1 aromatic carbocycles. The molecule has 8 nitrogen and oxygen atoms in total. The minimum Gasteiger partial charge on any atom is -0.481 e. The fourth-order valence-corrected chi connectivity index (χ4v) is 4.46. The van der Waals surface area contributed by atoms with Crippen LogP contribution in [-0.4, -0.2) is 38.3 Å². The van der Waals surface area contributed by atoms with E-state index in [9.17, 15) is 9.59 Å². The van der Waals surface area contributed by atoms with E-state index in [2.05, 4.69) is 20.7 Å². The van der Waals surface area contributed by atoms with Crippen LogP contribution in [0.5, 0.6) is 0 Å². The molecule has 1 amide bonds. The number of carboxylic acid groups (broad SMARTS) is 1. The van der Waals surface area contributed by atoms with Gasteiger partial charge in [-0.3, -0.25) is 9.59 Å². The Morgan fingerprint density at radius 3 is 2.50 bits per heavy atom. The van der Waals surface area contributed by atoms with E-state index < -0.39 is 5.97 Å². The molecule has 3 aromatic rings. The molecule has 178 valence electrons. The summed E-state index contributed by atoms with van der Waals surface area (Å²) in [5, 5.41) is 20.0. The van der Waals surface area contributed by atoms with Crippen molar-refractivity contribution >= 4 is 29.2 Å². The largest absolute Gasteiger partial charge is 0.481 e. The smallest absolute Gasteiger partial charge is 0.305 e. The van der Waals surface area contributed by atoms with E-state index >= 15 is 0 Å². The Hall–Kier alpha value is -3.39. The van der Waals surface area contributed by atoms with Crippen LogP contribution in [0.4, 0.5) is 5.69 Å². The molecule has 4 rings (SSSR count). The second-order valence-electron chi connectivity index (χ2n) is 8.60. The first-order chi connectivity index (χ1) is 16.4. The second kappa shape index (κ2) is 10.7. The summed E-state index contributed by atoms with van der Waals surface area (Å²) >= 11 is 6.12. The lowest BCUT2D eigenvalue weighted by Gasteiger charge is -2.26. The molecular weight excluding hydrogens is 454 g/mol. The quantitative estimate of drug-likeness (QED) is 0.406. The molecule has 1 saturated carbocycles. The molecule has 0 aliphatic heterocycles. The van der Waals surface area contributed by atoms with Gasteiger partial charge in [-0.25, -0.2) is 9.67 Å². The number of halogens is 1. The number of nitrogens with zero attached hydrogens (tertiary/aromatic N) is 3. The van der Waals surface area contributed by atoms with Crippen LogP contribution >= 0.6 is 11.6 Å². The number of hydrogen-bond donors (Lipinski definition) is 3. The normalized spacial score (nSPS) is 14.6. The van der Waals surface area contributed by atoms with Gasteiger partial charge in [-0.05, 0) is 55.5 Å². The van der Waals surface area contributed by atoms with E-state index in [1.54, 1.807) is 29.2 Å². The summed E-state index contributed by atoms with van der Waals surface area (Å²) in [6.45, 7) is 1.96. The fourth-order valence-electron chi connectivity index (χ4n) is 4.33. The van der Waals surface area contributed by atoms with Crippen molar-refractivity contribution in [2.24, 2.45) is 5.92 Å². The van der Waals surface area contributed by atoms with Gasteiger partial charge >= 0.3 is 5.97 Å². The second-order valence-corrected chi connectivity index (χ2v) is 9.01. The van der Waals surface area contributed by atoms with Crippen molar-refractivity contribution in [2.75, 3.05) is 11.9 Å². The lowest BCUT2D eigenvalue weighted by molar-refractivity contribution is -0.136. The van der Waals surface area contributed by atoms with Gasteiger partial charge in [-0.15, -0.1) is 0 Å². The Balaban J connectivity index is 1.48. The van der Waals surface area contributed by atoms with E-state index in [4.69, 9.17) is 16.7 Å². The summed E-state index contributed by atoms with van der Waals surface area (Å²) in [6, 6.07) is 11.5. The van der Waals surface area contributed by atoms with Gasteiger partial charge < -0.3 is 15.7 Å². The third-order valence-electron chi connectivity index (χ3n) is 6.17. The first-order valence-corrected chi connectivity index (χ1v) is 11.8. The number of aliphatic carboxylic acids is 1. The lowest BCUT2D eigenvalue weighted by atomic mass is 9.91. The minimum absolute atomic E-state index is 0.0978. The maximum absolute atomic E-state index is 12.3. The van der Waals surface area contributed by atoms with Gasteiger partial charge in [0.1, 0.15) is 0 Å². The Morgan fingerprint density at radius 2 is 1.91 bits per heavy atom. The van der Waals surface area contributed by atoms with E-state index in [1.807, 2.05) is 31.2 Å². The van der Waals surface area contributed by atoms with E-state index in [0.717, 1.165) is 29.8 Å². The minimum atomic E-state index is -0.938. The molecule has 2 aromatic heterocycles. The maximum Gasteiger partial charge on any atom is 0.305 e. The molecule has 1 atom stereocenters. The van der Waals surface area contributed by atoms with Crippen LogP contribution in [0, 0.1) is 12.8 Å². The van der Waals surface area contributed by atoms with Crippen molar-refractivity contribution in [1.82, 2.24) is 20.1 Å². The average Bonchev–Trinajstić information content (AvgIpc) is 3.48. The van der Waals surface area contributed by atoms with Crippen molar-refractivity contribution in [1.29, 1.82) is 0 Å². The summed E-state index contributed by atoms with van der Waals surface area (Å²) in [5.74, 6) is -0.0298. The van der Waals surface area contributed by atoms with E-state index in [-0.39, 0.29) is 24.9 Å². The third kappa shape index (κ3) is 5.75. The van der Waals surface area contributed by atoms with Crippen molar-refractivity contribution in [3.05, 3.63) is 70.6 Å². The van der Waals surface area contributed by atoms with Crippen LogP contribution < -0.4 is 10.6 Å². The Morgan fingerprint density at radius 1 is 1.18 bits per heavy atom. The van der Waals surface area contributed by atoms with Crippen molar-refractivity contribution in [3.8, 4) is 5.82 Å². The highest BCUT2D eigenvalue weighted by atomic mass is 35.5. The third-order valence-corrected chi connectivity index (χ3v) is 6.54. The number of rotatable bonds is 9. The van der Waals surface area contributed by atoms with Gasteiger partial charge in [-0.2, -0.15) is 5.10 Å². The number of hydrogen-bond acceptors (Lipinski definition) is 5. The number of carbonyl (C=O) groups excluding carboxylic acids is 1. The van der Waals surface area contributed by atoms with Gasteiger partial charge in [0.25, 0.3) is 5.91 Å². The highest BCUT2D eigenvalue weighted by molar-refractivity contribution is 6.31. The SMILES string of the molecule is Cc1nn(-c2ccc(N[C@H](c3ccc(C(=O)NCCC(=O)O)cc3)C3CCCC3)cn2)cc1Cl. The summed E-state index contributed by atoms with van der Waals surface area (Å²) in [5.41, 5.74) is 3.28. The zero-order valence-electron chi connectivity index (χ0n) is 19.0. The zero-order valence-corrected chi connectivity index (χ0v) is 19.8. The predicted molar refractivity (Wildman–Crippen MR) is 130 cm³/mol. The van der Waals surface area contributed by atoms with Crippen LogP contribution in [0.25, 0.3) is 5.82 Å². The number of amides is 1. The van der Waals surface area contributed by atoms with Crippen molar-refractivity contribution in [3.63, 3.8) is 0 Å². The topological polar surface area (TPSA) is 109 Å². The monoisotopic (exact) mass is 481 g/mol. The van der Waals surface area contributed by atoms with E-state index in [1.165, 1.54) is 12.8 Å². The molecule has 0 radical (unpaired) electrons. The number of nitrogens with one attached hydrogen (secondary N) is 2. The van der Waals surface area contributed by atoms with Crippen LogP contribution in [0.15, 0.2) is 48.8 Å². The molecule has 1 fully saturated rings. The molecule has 0 unspecified atom stereocenters. The van der Waals surface area contributed by atoms with Gasteiger partial charge in [0.05, 0.1) is 41.3 Å². The highest BCUT2D eigenvalue weighted by Gasteiger charge is 2.26. The zero-order chi connectivity index (χ0) is 24.1. The molecule has 9 heteroatoms. The number of carboxylic acids is 1. The fraction of sp³-hybridized carbons (Fsp3) is 0.360. The van der Waals surface area contributed by atoms with Gasteiger partial charge in [0.2, 0.25) is 0 Å². The van der Waals surface area contributed by atoms with Crippen molar-refractivity contribution in [2.45, 2.75) is 45.1 Å². The standard InChI is InChI=1S/C25H28ClN5O3/c1-16-21(26)15-31(30-16)22-11-10-20(14-28-22)29-24(17-4-2-3-5-17)18-6-8-19(9-7-18)25(34)27-13-12-23(32)33/h6-11,14-15,17,24,29H,2-5,12-13H2,1H3,(H,27,34)(H,32,33)/t24-/m0/s1. The van der Waals surface area contributed by atoms with Gasteiger partial charge in [0, 0.05) is 12.1 Å². The molecular formula is C25H28ClN5O3. The molecule has 0 bridgehead atoms. The lowest BCUT2D eigenvalue weighted by Crippen LogP contribution is -2.26. The summed E-state index contributed by atoms with van der Waals surface area (Å²) < 4.78 is 1.66. The maximum atomic E-state index is 12.3. The van der Waals surface area contributed by atoms with Crippen LogP contribution in [0.1, 0.15) is 59.8 Å². The number of benzene rings is 1. The molecule has 1 aliphatic rings. The average molecular weight is 482 g/mol. The molecule has 0 spiro atoms.